The molecule has 0 radical (unpaired) electrons. The third-order valence-corrected chi connectivity index (χ3v) is 7.84. The van der Waals surface area contributed by atoms with E-state index in [4.69, 9.17) is 0 Å². The molecule has 9 heteroatoms. The average molecular weight is 477 g/mol. The van der Waals surface area contributed by atoms with Gasteiger partial charge in [0.2, 0.25) is 0 Å². The van der Waals surface area contributed by atoms with Gasteiger partial charge >= 0.3 is 6.18 Å². The quantitative estimate of drug-likeness (QED) is 0.438. The maximum Gasteiger partial charge on any atom is 0.416 e. The Morgan fingerprint density at radius 2 is 1.91 bits per heavy atom. The maximum absolute atomic E-state index is 13.4. The fourth-order valence-corrected chi connectivity index (χ4v) is 5.68. The summed E-state index contributed by atoms with van der Waals surface area (Å²) in [7, 11) is 0. The van der Waals surface area contributed by atoms with Crippen LogP contribution >= 0.6 is 11.3 Å². The number of halogens is 3. The minimum Gasteiger partial charge on any atom is -0.362 e. The molecule has 0 amide bonds. The number of benzene rings is 1. The standard InChI is InChI=1S/C24H27F3N4OS/c1-13-16(6-5-7-18(13)24(25,26)27)14(2)29-22-17-12-19(33-20(17)15(3)30-31-22)21(32)23(4)8-10-28-11-9-23/h5-7,12,14,28H,8-11H2,1-4H3,(H,29,31)/t14-/m1/s1. The molecule has 1 fully saturated rings. The Balaban J connectivity index is 1.68. The zero-order valence-electron chi connectivity index (χ0n) is 19.1. The second-order valence-electron chi connectivity index (χ2n) is 9.01. The highest BCUT2D eigenvalue weighted by Crippen LogP contribution is 2.40. The lowest BCUT2D eigenvalue weighted by atomic mass is 9.77. The number of aromatic nitrogens is 2. The van der Waals surface area contributed by atoms with Gasteiger partial charge in [-0.15, -0.1) is 16.4 Å². The smallest absolute Gasteiger partial charge is 0.362 e. The monoisotopic (exact) mass is 476 g/mol. The van der Waals surface area contributed by atoms with Gasteiger partial charge in [0.25, 0.3) is 0 Å². The molecule has 176 valence electrons. The van der Waals surface area contributed by atoms with E-state index in [1.165, 1.54) is 24.3 Å². The number of thiophene rings is 1. The lowest BCUT2D eigenvalue weighted by Crippen LogP contribution is -2.39. The normalized spacial score (nSPS) is 17.2. The van der Waals surface area contributed by atoms with Crippen LogP contribution in [0.15, 0.2) is 24.3 Å². The number of piperidine rings is 1. The summed E-state index contributed by atoms with van der Waals surface area (Å²) in [4.78, 5) is 14.0. The molecule has 3 aromatic rings. The third kappa shape index (κ3) is 4.48. The van der Waals surface area contributed by atoms with E-state index in [0.29, 0.717) is 16.3 Å². The molecule has 1 aliphatic rings. The topological polar surface area (TPSA) is 66.9 Å². The van der Waals surface area contributed by atoms with E-state index >= 15 is 0 Å². The van der Waals surface area contributed by atoms with Crippen molar-refractivity contribution < 1.29 is 18.0 Å². The molecule has 3 heterocycles. The van der Waals surface area contributed by atoms with Gasteiger partial charge in [-0.2, -0.15) is 18.3 Å². The van der Waals surface area contributed by atoms with Crippen molar-refractivity contribution in [3.8, 4) is 0 Å². The van der Waals surface area contributed by atoms with Gasteiger partial charge in [0.15, 0.2) is 11.6 Å². The summed E-state index contributed by atoms with van der Waals surface area (Å²) in [5.41, 5.74) is 0.387. The summed E-state index contributed by atoms with van der Waals surface area (Å²) in [6, 6.07) is 5.61. The van der Waals surface area contributed by atoms with E-state index in [1.54, 1.807) is 13.0 Å². The molecule has 0 bridgehead atoms. The van der Waals surface area contributed by atoms with Crippen LogP contribution in [-0.4, -0.2) is 29.1 Å². The Labute approximate surface area is 194 Å². The van der Waals surface area contributed by atoms with E-state index < -0.39 is 23.2 Å². The number of nitrogens with one attached hydrogen (secondary N) is 2. The Morgan fingerprint density at radius 1 is 1.21 bits per heavy atom. The predicted molar refractivity (Wildman–Crippen MR) is 125 cm³/mol. The maximum atomic E-state index is 13.4. The Bertz CT molecular complexity index is 1200. The van der Waals surface area contributed by atoms with E-state index in [9.17, 15) is 18.0 Å². The van der Waals surface area contributed by atoms with Crippen LogP contribution in [0.5, 0.6) is 0 Å². The Kier molecular flexibility index (Phi) is 6.22. The molecule has 0 aliphatic carbocycles. The van der Waals surface area contributed by atoms with Gasteiger partial charge in [0.1, 0.15) is 0 Å². The number of aryl methyl sites for hydroxylation is 1. The van der Waals surface area contributed by atoms with Crippen LogP contribution in [0.3, 0.4) is 0 Å². The van der Waals surface area contributed by atoms with Gasteiger partial charge in [0.05, 0.1) is 26.9 Å². The van der Waals surface area contributed by atoms with Crippen LogP contribution in [0.2, 0.25) is 0 Å². The highest BCUT2D eigenvalue weighted by molar-refractivity contribution is 7.21. The summed E-state index contributed by atoms with van der Waals surface area (Å²) >= 11 is 1.41. The summed E-state index contributed by atoms with van der Waals surface area (Å²) in [5.74, 6) is 0.586. The molecule has 1 aromatic carbocycles. The minimum absolute atomic E-state index is 0.123. The lowest BCUT2D eigenvalue weighted by Gasteiger charge is -2.32. The molecular weight excluding hydrogens is 449 g/mol. The fraction of sp³-hybridized carbons (Fsp3) is 0.458. The Hall–Kier alpha value is -2.52. The molecule has 2 aromatic heterocycles. The second-order valence-corrected chi connectivity index (χ2v) is 10.1. The molecule has 0 spiro atoms. The number of rotatable bonds is 5. The number of Topliss-reactive ketones (excluding diaryl/α,β-unsaturated/α-hetero) is 1. The first-order valence-corrected chi connectivity index (χ1v) is 11.8. The van der Waals surface area contributed by atoms with Crippen molar-refractivity contribution in [1.29, 1.82) is 0 Å². The molecule has 2 N–H and O–H groups in total. The molecule has 0 unspecified atom stereocenters. The van der Waals surface area contributed by atoms with Crippen LogP contribution in [0, 0.1) is 19.3 Å². The van der Waals surface area contributed by atoms with Crippen LogP contribution in [-0.2, 0) is 6.18 Å². The molecule has 0 saturated carbocycles. The number of ketones is 1. The van der Waals surface area contributed by atoms with Crippen molar-refractivity contribution in [2.75, 3.05) is 18.4 Å². The van der Waals surface area contributed by atoms with Crippen molar-refractivity contribution >= 4 is 33.0 Å². The number of hydrogen-bond donors (Lipinski definition) is 2. The number of carbonyl (C=O) groups is 1. The van der Waals surface area contributed by atoms with Gasteiger partial charge in [-0.3, -0.25) is 4.79 Å². The summed E-state index contributed by atoms with van der Waals surface area (Å²) in [5, 5.41) is 15.8. The first-order chi connectivity index (χ1) is 15.5. The average Bonchev–Trinajstić information content (AvgIpc) is 3.21. The zero-order chi connectivity index (χ0) is 24.0. The summed E-state index contributed by atoms with van der Waals surface area (Å²) < 4.78 is 40.9. The number of anilines is 1. The van der Waals surface area contributed by atoms with Crippen LogP contribution in [0.1, 0.15) is 64.8 Å². The molecular formula is C24H27F3N4OS. The fourth-order valence-electron chi connectivity index (χ4n) is 4.49. The number of fused-ring (bicyclic) bond motifs is 1. The predicted octanol–water partition coefficient (Wildman–Crippen LogP) is 6.07. The molecule has 33 heavy (non-hydrogen) atoms. The van der Waals surface area contributed by atoms with Gasteiger partial charge in [-0.1, -0.05) is 19.1 Å². The minimum atomic E-state index is -4.41. The van der Waals surface area contributed by atoms with Crippen LogP contribution in [0.4, 0.5) is 19.0 Å². The molecule has 1 saturated heterocycles. The van der Waals surface area contributed by atoms with Crippen molar-refractivity contribution in [2.24, 2.45) is 5.41 Å². The molecule has 1 atom stereocenters. The van der Waals surface area contributed by atoms with Crippen molar-refractivity contribution in [2.45, 2.75) is 52.8 Å². The summed E-state index contributed by atoms with van der Waals surface area (Å²) in [6.07, 6.45) is -2.84. The largest absolute Gasteiger partial charge is 0.416 e. The van der Waals surface area contributed by atoms with Crippen molar-refractivity contribution in [3.63, 3.8) is 0 Å². The number of alkyl halides is 3. The van der Waals surface area contributed by atoms with Gasteiger partial charge in [-0.25, -0.2) is 0 Å². The van der Waals surface area contributed by atoms with Gasteiger partial charge in [0, 0.05) is 10.8 Å². The van der Waals surface area contributed by atoms with Crippen molar-refractivity contribution in [3.05, 3.63) is 51.5 Å². The first kappa shape index (κ1) is 23.6. The highest BCUT2D eigenvalue weighted by atomic mass is 32.1. The van der Waals surface area contributed by atoms with Crippen LogP contribution < -0.4 is 10.6 Å². The number of carbonyl (C=O) groups excluding carboxylic acids is 1. The molecule has 5 nitrogen and oxygen atoms in total. The SMILES string of the molecule is Cc1c([C@@H](C)Nc2nnc(C)c3sc(C(=O)C4(C)CCNCC4)cc23)cccc1C(F)(F)F. The van der Waals surface area contributed by atoms with E-state index in [1.807, 2.05) is 19.9 Å². The number of nitrogens with zero attached hydrogens (tertiary/aromatic N) is 2. The van der Waals surface area contributed by atoms with E-state index in [-0.39, 0.29) is 11.3 Å². The third-order valence-electron chi connectivity index (χ3n) is 6.60. The van der Waals surface area contributed by atoms with Crippen molar-refractivity contribution in [1.82, 2.24) is 15.5 Å². The first-order valence-electron chi connectivity index (χ1n) is 11.0. The lowest BCUT2D eigenvalue weighted by molar-refractivity contribution is -0.138. The molecule has 1 aliphatic heterocycles. The number of hydrogen-bond acceptors (Lipinski definition) is 6. The van der Waals surface area contributed by atoms with E-state index in [0.717, 1.165) is 47.8 Å². The van der Waals surface area contributed by atoms with Gasteiger partial charge < -0.3 is 10.6 Å². The highest BCUT2D eigenvalue weighted by Gasteiger charge is 2.36. The van der Waals surface area contributed by atoms with Crippen LogP contribution in [0.25, 0.3) is 10.1 Å². The zero-order valence-corrected chi connectivity index (χ0v) is 19.9. The van der Waals surface area contributed by atoms with Gasteiger partial charge in [-0.05, 0) is 70.0 Å². The Morgan fingerprint density at radius 3 is 2.58 bits per heavy atom. The molecule has 4 rings (SSSR count). The van der Waals surface area contributed by atoms with E-state index in [2.05, 4.69) is 20.8 Å². The second kappa shape index (κ2) is 8.68. The summed E-state index contributed by atoms with van der Waals surface area (Å²) in [6.45, 7) is 8.77.